The minimum atomic E-state index is -0.395. The number of benzene rings is 1. The Bertz CT molecular complexity index is 506. The molecular weight excluding hydrogens is 232 g/mol. The van der Waals surface area contributed by atoms with E-state index in [0.717, 1.165) is 11.1 Å². The topological polar surface area (TPSA) is 68.3 Å². The molecule has 18 heavy (non-hydrogen) atoms. The zero-order chi connectivity index (χ0) is 13.0. The average Bonchev–Trinajstić information content (AvgIpc) is 2.89. The molecule has 1 N–H and O–H groups in total. The third-order valence-corrected chi connectivity index (χ3v) is 2.80. The van der Waals surface area contributed by atoms with Crippen LogP contribution in [0.3, 0.4) is 0 Å². The number of rotatable bonds is 5. The van der Waals surface area contributed by atoms with Crippen LogP contribution in [0.5, 0.6) is 0 Å². The number of nitrogens with one attached hydrogen (secondary N) is 1. The Balaban J connectivity index is 1.96. The number of nitro benzene ring substituents is 1. The van der Waals surface area contributed by atoms with Crippen LogP contribution in [0.15, 0.2) is 47.3 Å². The van der Waals surface area contributed by atoms with Gasteiger partial charge in [0.2, 0.25) is 0 Å². The lowest BCUT2D eigenvalue weighted by Crippen LogP contribution is -2.17. The molecule has 0 aliphatic carbocycles. The Kier molecular flexibility index (Phi) is 3.74. The van der Waals surface area contributed by atoms with Crippen molar-refractivity contribution >= 4 is 5.69 Å². The van der Waals surface area contributed by atoms with E-state index in [0.29, 0.717) is 6.54 Å². The van der Waals surface area contributed by atoms with Crippen molar-refractivity contribution < 1.29 is 9.34 Å². The Morgan fingerprint density at radius 2 is 2.06 bits per heavy atom. The molecule has 5 nitrogen and oxygen atoms in total. The largest absolute Gasteiger partial charge is 0.472 e. The molecule has 0 aliphatic rings. The fourth-order valence-corrected chi connectivity index (χ4v) is 1.67. The predicted octanol–water partition coefficient (Wildman–Crippen LogP) is 3.04. The van der Waals surface area contributed by atoms with Crippen LogP contribution in [0.1, 0.15) is 24.1 Å². The maximum absolute atomic E-state index is 10.5. The van der Waals surface area contributed by atoms with Gasteiger partial charge in [0, 0.05) is 30.3 Å². The highest BCUT2D eigenvalue weighted by molar-refractivity contribution is 5.34. The van der Waals surface area contributed by atoms with Crippen molar-refractivity contribution in [3.05, 3.63) is 64.1 Å². The van der Waals surface area contributed by atoms with Crippen molar-refractivity contribution in [3.8, 4) is 0 Å². The fourth-order valence-electron chi connectivity index (χ4n) is 1.67. The van der Waals surface area contributed by atoms with Crippen LogP contribution in [0.4, 0.5) is 5.69 Å². The van der Waals surface area contributed by atoms with Crippen LogP contribution in [0.25, 0.3) is 0 Å². The second kappa shape index (κ2) is 5.46. The third-order valence-electron chi connectivity index (χ3n) is 2.80. The molecule has 0 saturated carbocycles. The molecule has 0 aliphatic heterocycles. The van der Waals surface area contributed by atoms with Crippen LogP contribution < -0.4 is 5.32 Å². The van der Waals surface area contributed by atoms with Gasteiger partial charge in [-0.3, -0.25) is 10.1 Å². The molecule has 1 atom stereocenters. The average molecular weight is 246 g/mol. The van der Waals surface area contributed by atoms with Crippen LogP contribution in [-0.4, -0.2) is 4.92 Å². The summed E-state index contributed by atoms with van der Waals surface area (Å²) >= 11 is 0. The van der Waals surface area contributed by atoms with Gasteiger partial charge >= 0.3 is 0 Å². The molecule has 0 amide bonds. The van der Waals surface area contributed by atoms with Crippen LogP contribution in [0.2, 0.25) is 0 Å². The lowest BCUT2D eigenvalue weighted by molar-refractivity contribution is -0.384. The first kappa shape index (κ1) is 12.3. The maximum Gasteiger partial charge on any atom is 0.269 e. The van der Waals surface area contributed by atoms with Gasteiger partial charge in [-0.05, 0) is 18.6 Å². The molecule has 1 unspecified atom stereocenters. The highest BCUT2D eigenvalue weighted by Crippen LogP contribution is 2.17. The molecule has 0 spiro atoms. The van der Waals surface area contributed by atoms with Gasteiger partial charge in [-0.2, -0.15) is 0 Å². The first-order valence-corrected chi connectivity index (χ1v) is 5.65. The molecule has 0 bridgehead atoms. The quantitative estimate of drug-likeness (QED) is 0.650. The van der Waals surface area contributed by atoms with Crippen LogP contribution >= 0.6 is 0 Å². The summed E-state index contributed by atoms with van der Waals surface area (Å²) in [7, 11) is 0. The van der Waals surface area contributed by atoms with Gasteiger partial charge in [0.15, 0.2) is 0 Å². The summed E-state index contributed by atoms with van der Waals surface area (Å²) in [5.41, 5.74) is 2.20. The predicted molar refractivity (Wildman–Crippen MR) is 67.1 cm³/mol. The Hall–Kier alpha value is -2.14. The summed E-state index contributed by atoms with van der Waals surface area (Å²) in [5.74, 6) is 0. The molecule has 1 aromatic carbocycles. The van der Waals surface area contributed by atoms with E-state index in [2.05, 4.69) is 5.32 Å². The van der Waals surface area contributed by atoms with Crippen molar-refractivity contribution in [3.63, 3.8) is 0 Å². The number of furan rings is 1. The second-order valence-electron chi connectivity index (χ2n) is 4.08. The zero-order valence-electron chi connectivity index (χ0n) is 10.00. The molecule has 2 rings (SSSR count). The molecule has 0 fully saturated rings. The lowest BCUT2D eigenvalue weighted by atomic mass is 10.1. The van der Waals surface area contributed by atoms with Crippen molar-refractivity contribution in [2.75, 3.05) is 0 Å². The summed E-state index contributed by atoms with van der Waals surface area (Å²) < 4.78 is 4.98. The Labute approximate surface area is 105 Å². The van der Waals surface area contributed by atoms with Crippen molar-refractivity contribution in [2.45, 2.75) is 19.5 Å². The van der Waals surface area contributed by atoms with E-state index in [9.17, 15) is 10.1 Å². The number of nitrogens with zero attached hydrogens (tertiary/aromatic N) is 1. The molecule has 94 valence electrons. The molecule has 5 heteroatoms. The first-order valence-electron chi connectivity index (χ1n) is 5.65. The van der Waals surface area contributed by atoms with Gasteiger partial charge < -0.3 is 9.73 Å². The molecule has 1 heterocycles. The Morgan fingerprint density at radius 3 is 2.61 bits per heavy atom. The van der Waals surface area contributed by atoms with Gasteiger partial charge in [-0.1, -0.05) is 12.1 Å². The van der Waals surface area contributed by atoms with E-state index in [1.54, 1.807) is 24.7 Å². The number of nitro groups is 1. The molecule has 0 saturated heterocycles. The summed E-state index contributed by atoms with van der Waals surface area (Å²) in [6, 6.07) is 8.60. The van der Waals surface area contributed by atoms with Gasteiger partial charge in [0.05, 0.1) is 17.4 Å². The summed E-state index contributed by atoms with van der Waals surface area (Å²) in [6.45, 7) is 2.72. The summed E-state index contributed by atoms with van der Waals surface area (Å²) in [4.78, 5) is 10.1. The van der Waals surface area contributed by atoms with E-state index in [1.165, 1.54) is 12.1 Å². The number of hydrogen-bond acceptors (Lipinski definition) is 4. The van der Waals surface area contributed by atoms with Crippen LogP contribution in [-0.2, 0) is 6.54 Å². The molecule has 0 radical (unpaired) electrons. The maximum atomic E-state index is 10.5. The second-order valence-corrected chi connectivity index (χ2v) is 4.08. The van der Waals surface area contributed by atoms with Gasteiger partial charge in [0.1, 0.15) is 0 Å². The van der Waals surface area contributed by atoms with Crippen molar-refractivity contribution in [1.29, 1.82) is 0 Å². The van der Waals surface area contributed by atoms with Crippen molar-refractivity contribution in [2.24, 2.45) is 0 Å². The minimum Gasteiger partial charge on any atom is -0.472 e. The lowest BCUT2D eigenvalue weighted by Gasteiger charge is -2.13. The van der Waals surface area contributed by atoms with E-state index in [4.69, 9.17) is 4.42 Å². The standard InChI is InChI=1S/C13H14N2O3/c1-10(14-8-11-6-7-18-9-11)12-2-4-13(5-3-12)15(16)17/h2-7,9-10,14H,8H2,1H3. The van der Waals surface area contributed by atoms with E-state index in [-0.39, 0.29) is 11.7 Å². The zero-order valence-corrected chi connectivity index (χ0v) is 10.00. The molecule has 1 aromatic heterocycles. The van der Waals surface area contributed by atoms with Gasteiger partial charge in [-0.15, -0.1) is 0 Å². The molecule has 2 aromatic rings. The van der Waals surface area contributed by atoms with E-state index in [1.807, 2.05) is 13.0 Å². The van der Waals surface area contributed by atoms with Gasteiger partial charge in [0.25, 0.3) is 5.69 Å². The SMILES string of the molecule is CC(NCc1ccoc1)c1ccc([N+](=O)[O-])cc1. The first-order chi connectivity index (χ1) is 8.66. The van der Waals surface area contributed by atoms with Crippen molar-refractivity contribution in [1.82, 2.24) is 5.32 Å². The minimum absolute atomic E-state index is 0.112. The van der Waals surface area contributed by atoms with E-state index >= 15 is 0 Å². The van der Waals surface area contributed by atoms with E-state index < -0.39 is 4.92 Å². The fraction of sp³-hybridized carbons (Fsp3) is 0.231. The van der Waals surface area contributed by atoms with Gasteiger partial charge in [-0.25, -0.2) is 0 Å². The Morgan fingerprint density at radius 1 is 1.33 bits per heavy atom. The summed E-state index contributed by atoms with van der Waals surface area (Å²) in [5, 5.41) is 13.9. The monoisotopic (exact) mass is 246 g/mol. The molecular formula is C13H14N2O3. The highest BCUT2D eigenvalue weighted by Gasteiger charge is 2.08. The third kappa shape index (κ3) is 2.95. The number of hydrogen-bond donors (Lipinski definition) is 1. The number of non-ortho nitro benzene ring substituents is 1. The normalized spacial score (nSPS) is 12.3. The highest BCUT2D eigenvalue weighted by atomic mass is 16.6. The summed E-state index contributed by atoms with van der Waals surface area (Å²) in [6.07, 6.45) is 3.32. The smallest absolute Gasteiger partial charge is 0.269 e. The van der Waals surface area contributed by atoms with Crippen LogP contribution in [0, 0.1) is 10.1 Å².